The van der Waals surface area contributed by atoms with Gasteiger partial charge >= 0.3 is 0 Å². The predicted octanol–water partition coefficient (Wildman–Crippen LogP) is 2.98. The molecule has 0 unspecified atom stereocenters. The quantitative estimate of drug-likeness (QED) is 0.559. The molecule has 1 amide bonds. The summed E-state index contributed by atoms with van der Waals surface area (Å²) in [4.78, 5) is 12.9. The molecule has 0 aliphatic carbocycles. The van der Waals surface area contributed by atoms with Gasteiger partial charge in [0.1, 0.15) is 17.8 Å². The van der Waals surface area contributed by atoms with Crippen LogP contribution >= 0.6 is 0 Å². The molecular formula is C20H20N6O2. The van der Waals surface area contributed by atoms with Gasteiger partial charge in [0.2, 0.25) is 0 Å². The molecule has 3 heterocycles. The van der Waals surface area contributed by atoms with Gasteiger partial charge in [-0.1, -0.05) is 18.2 Å². The molecule has 0 atom stereocenters. The highest BCUT2D eigenvalue weighted by atomic mass is 16.3. The molecule has 8 nitrogen and oxygen atoms in total. The van der Waals surface area contributed by atoms with Crippen LogP contribution in [0.25, 0.3) is 17.1 Å². The number of furan rings is 1. The Morgan fingerprint density at radius 3 is 2.71 bits per heavy atom. The fourth-order valence-electron chi connectivity index (χ4n) is 2.93. The third-order valence-corrected chi connectivity index (χ3v) is 4.40. The maximum Gasteiger partial charge on any atom is 0.255 e. The lowest BCUT2D eigenvalue weighted by atomic mass is 10.2. The van der Waals surface area contributed by atoms with Crippen molar-refractivity contribution in [2.75, 3.05) is 0 Å². The van der Waals surface area contributed by atoms with Crippen molar-refractivity contribution in [1.29, 1.82) is 0 Å². The van der Waals surface area contributed by atoms with Gasteiger partial charge in [-0.05, 0) is 38.1 Å². The number of rotatable bonds is 6. The molecule has 4 aromatic rings. The number of carbonyl (C=O) groups excluding carboxylic acids is 1. The number of nitrogens with zero attached hydrogens (tertiary/aromatic N) is 5. The van der Waals surface area contributed by atoms with Crippen molar-refractivity contribution >= 4 is 5.91 Å². The molecule has 4 rings (SSSR count). The first-order valence-corrected chi connectivity index (χ1v) is 9.02. The van der Waals surface area contributed by atoms with Gasteiger partial charge in [-0.2, -0.15) is 5.10 Å². The van der Waals surface area contributed by atoms with Crippen molar-refractivity contribution < 1.29 is 9.21 Å². The average Bonchev–Trinajstić information content (AvgIpc) is 3.45. The molecule has 0 saturated carbocycles. The Balaban J connectivity index is 1.66. The number of aromatic nitrogens is 5. The van der Waals surface area contributed by atoms with Crippen molar-refractivity contribution in [2.24, 2.45) is 0 Å². The predicted molar refractivity (Wildman–Crippen MR) is 103 cm³/mol. The van der Waals surface area contributed by atoms with Gasteiger partial charge in [0.25, 0.3) is 5.91 Å². The lowest BCUT2D eigenvalue weighted by Crippen LogP contribution is -2.24. The molecule has 0 aliphatic heterocycles. The van der Waals surface area contributed by atoms with E-state index in [0.29, 0.717) is 22.8 Å². The van der Waals surface area contributed by atoms with E-state index in [1.807, 2.05) is 60.9 Å². The fraction of sp³-hybridized carbons (Fsp3) is 0.200. The van der Waals surface area contributed by atoms with Crippen molar-refractivity contribution in [3.05, 3.63) is 72.1 Å². The van der Waals surface area contributed by atoms with Crippen molar-refractivity contribution in [1.82, 2.24) is 29.9 Å². The molecule has 28 heavy (non-hydrogen) atoms. The number of carbonyl (C=O) groups is 1. The lowest BCUT2D eigenvalue weighted by Gasteiger charge is -2.05. The Hall–Kier alpha value is -3.68. The van der Waals surface area contributed by atoms with Crippen LogP contribution in [-0.2, 0) is 13.1 Å². The normalized spacial score (nSPS) is 10.9. The second-order valence-corrected chi connectivity index (χ2v) is 6.30. The van der Waals surface area contributed by atoms with Crippen LogP contribution in [0, 0.1) is 6.92 Å². The fourth-order valence-corrected chi connectivity index (χ4v) is 2.93. The number of amides is 1. The van der Waals surface area contributed by atoms with Gasteiger partial charge < -0.3 is 14.3 Å². The Kier molecular flexibility index (Phi) is 4.76. The first kappa shape index (κ1) is 17.7. The molecule has 1 N–H and O–H groups in total. The molecule has 0 fully saturated rings. The van der Waals surface area contributed by atoms with Crippen LogP contribution in [-0.4, -0.2) is 30.5 Å². The third-order valence-electron chi connectivity index (χ3n) is 4.40. The Morgan fingerprint density at radius 1 is 1.18 bits per heavy atom. The average molecular weight is 376 g/mol. The summed E-state index contributed by atoms with van der Waals surface area (Å²) in [6, 6.07) is 13.3. The summed E-state index contributed by atoms with van der Waals surface area (Å²) in [5, 5.41) is 15.4. The first-order chi connectivity index (χ1) is 13.7. The molecule has 0 saturated heterocycles. The topological polar surface area (TPSA) is 90.8 Å². The zero-order chi connectivity index (χ0) is 19.5. The van der Waals surface area contributed by atoms with E-state index < -0.39 is 0 Å². The molecule has 8 heteroatoms. The molecule has 142 valence electrons. The number of nitrogens with one attached hydrogen (secondary N) is 1. The number of para-hydroxylation sites is 1. The standard InChI is InChI=1S/C20H20N6O2/c1-3-25-13-22-23-18(25)11-21-20(27)16-12-26(15-7-5-4-6-8-15)24-19(16)17-10-9-14(2)28-17/h4-10,12-13H,3,11H2,1-2H3,(H,21,27). The third kappa shape index (κ3) is 3.44. The molecule has 1 aromatic carbocycles. The summed E-state index contributed by atoms with van der Waals surface area (Å²) >= 11 is 0. The Bertz CT molecular complexity index is 1090. The van der Waals surface area contributed by atoms with E-state index >= 15 is 0 Å². The number of aryl methyl sites for hydroxylation is 2. The highest BCUT2D eigenvalue weighted by Crippen LogP contribution is 2.25. The summed E-state index contributed by atoms with van der Waals surface area (Å²) in [7, 11) is 0. The molecule has 3 aromatic heterocycles. The minimum Gasteiger partial charge on any atom is -0.460 e. The van der Waals surface area contributed by atoms with E-state index in [2.05, 4.69) is 20.6 Å². The highest BCUT2D eigenvalue weighted by Gasteiger charge is 2.21. The first-order valence-electron chi connectivity index (χ1n) is 9.02. The molecule has 0 bridgehead atoms. The smallest absolute Gasteiger partial charge is 0.255 e. The van der Waals surface area contributed by atoms with E-state index in [0.717, 1.165) is 18.0 Å². The van der Waals surface area contributed by atoms with Crippen molar-refractivity contribution in [3.63, 3.8) is 0 Å². The summed E-state index contributed by atoms with van der Waals surface area (Å²) in [6.07, 6.45) is 3.36. The van der Waals surface area contributed by atoms with E-state index in [1.165, 1.54) is 0 Å². The SMILES string of the molecule is CCn1cnnc1CNC(=O)c1cn(-c2ccccc2)nc1-c1ccc(C)o1. The van der Waals surface area contributed by atoms with Crippen LogP contribution in [0.2, 0.25) is 0 Å². The second-order valence-electron chi connectivity index (χ2n) is 6.30. The van der Waals surface area contributed by atoms with Gasteiger partial charge in [-0.3, -0.25) is 4.79 Å². The van der Waals surface area contributed by atoms with E-state index in [9.17, 15) is 4.79 Å². The van der Waals surface area contributed by atoms with Crippen LogP contribution in [0.5, 0.6) is 0 Å². The Labute approximate surface area is 161 Å². The molecule has 0 radical (unpaired) electrons. The van der Waals surface area contributed by atoms with Gasteiger partial charge in [0.15, 0.2) is 11.6 Å². The van der Waals surface area contributed by atoms with Gasteiger partial charge in [0.05, 0.1) is 17.8 Å². The van der Waals surface area contributed by atoms with Crippen molar-refractivity contribution in [2.45, 2.75) is 26.9 Å². The molecular weight excluding hydrogens is 356 g/mol. The summed E-state index contributed by atoms with van der Waals surface area (Å²) in [5.74, 6) is 1.75. The summed E-state index contributed by atoms with van der Waals surface area (Å²) in [5.41, 5.74) is 1.78. The number of hydrogen-bond donors (Lipinski definition) is 1. The lowest BCUT2D eigenvalue weighted by molar-refractivity contribution is 0.0950. The summed E-state index contributed by atoms with van der Waals surface area (Å²) < 4.78 is 9.27. The molecule has 0 aliphatic rings. The van der Waals surface area contributed by atoms with Crippen LogP contribution in [0.3, 0.4) is 0 Å². The van der Waals surface area contributed by atoms with Crippen LogP contribution < -0.4 is 5.32 Å². The van der Waals surface area contributed by atoms with Gasteiger partial charge in [0, 0.05) is 12.7 Å². The zero-order valence-electron chi connectivity index (χ0n) is 15.7. The monoisotopic (exact) mass is 376 g/mol. The van der Waals surface area contributed by atoms with Gasteiger partial charge in [-0.15, -0.1) is 10.2 Å². The minimum absolute atomic E-state index is 0.253. The van der Waals surface area contributed by atoms with Gasteiger partial charge in [-0.25, -0.2) is 4.68 Å². The number of benzene rings is 1. The maximum atomic E-state index is 12.9. The molecule has 0 spiro atoms. The second kappa shape index (κ2) is 7.51. The van der Waals surface area contributed by atoms with Crippen LogP contribution in [0.1, 0.15) is 28.9 Å². The largest absolute Gasteiger partial charge is 0.460 e. The van der Waals surface area contributed by atoms with Crippen LogP contribution in [0.4, 0.5) is 0 Å². The maximum absolute atomic E-state index is 12.9. The number of hydrogen-bond acceptors (Lipinski definition) is 5. The highest BCUT2D eigenvalue weighted by molar-refractivity contribution is 5.99. The Morgan fingerprint density at radius 2 is 2.00 bits per heavy atom. The van der Waals surface area contributed by atoms with Crippen molar-refractivity contribution in [3.8, 4) is 17.1 Å². The van der Waals surface area contributed by atoms with Crippen LogP contribution in [0.15, 0.2) is 59.4 Å². The van der Waals surface area contributed by atoms with E-state index in [1.54, 1.807) is 17.2 Å². The zero-order valence-corrected chi connectivity index (χ0v) is 15.7. The summed E-state index contributed by atoms with van der Waals surface area (Å²) in [6.45, 7) is 4.87. The van der Waals surface area contributed by atoms with E-state index in [-0.39, 0.29) is 12.5 Å². The van der Waals surface area contributed by atoms with E-state index in [4.69, 9.17) is 4.42 Å². The minimum atomic E-state index is -0.253.